The van der Waals surface area contributed by atoms with Crippen LogP contribution < -0.4 is 15.6 Å². The highest BCUT2D eigenvalue weighted by Gasteiger charge is 2.42. The lowest BCUT2D eigenvalue weighted by atomic mass is 9.92. The SMILES string of the molecule is Cc1cc2cc(c1F)[C@@H](CC(=O)O)NC(=O)[C@H](n1ccc(C(F)(F)F)c(C3CC3)c1=O)c1cc(ccc1F)Oc1cccc(C)c1-2. The van der Waals surface area contributed by atoms with Crippen LogP contribution in [0.4, 0.5) is 22.0 Å². The van der Waals surface area contributed by atoms with Crippen molar-refractivity contribution in [1.29, 1.82) is 0 Å². The monoisotopic (exact) mass is 638 g/mol. The van der Waals surface area contributed by atoms with Crippen LogP contribution in [0.15, 0.2) is 65.6 Å². The molecule has 0 radical (unpaired) electrons. The van der Waals surface area contributed by atoms with Crippen molar-refractivity contribution in [2.24, 2.45) is 0 Å². The maximum atomic E-state index is 15.8. The van der Waals surface area contributed by atoms with Crippen molar-refractivity contribution in [2.45, 2.75) is 57.3 Å². The second kappa shape index (κ2) is 11.4. The minimum Gasteiger partial charge on any atom is -0.481 e. The number of pyridine rings is 1. The maximum Gasteiger partial charge on any atom is 0.416 e. The van der Waals surface area contributed by atoms with Crippen molar-refractivity contribution in [3.8, 4) is 22.6 Å². The Bertz CT molecular complexity index is 1960. The van der Waals surface area contributed by atoms with Gasteiger partial charge in [-0.2, -0.15) is 13.2 Å². The van der Waals surface area contributed by atoms with Gasteiger partial charge in [0.25, 0.3) is 5.56 Å². The van der Waals surface area contributed by atoms with Gasteiger partial charge in [-0.05, 0) is 91.8 Å². The van der Waals surface area contributed by atoms with E-state index in [2.05, 4.69) is 5.32 Å². The first-order valence-corrected chi connectivity index (χ1v) is 14.5. The van der Waals surface area contributed by atoms with Crippen molar-refractivity contribution < 1.29 is 41.4 Å². The van der Waals surface area contributed by atoms with Crippen LogP contribution in [0.3, 0.4) is 0 Å². The van der Waals surface area contributed by atoms with Gasteiger partial charge in [0.05, 0.1) is 18.0 Å². The number of alkyl halides is 3. The third-order valence-corrected chi connectivity index (χ3v) is 8.34. The zero-order valence-corrected chi connectivity index (χ0v) is 24.5. The van der Waals surface area contributed by atoms with Crippen LogP contribution in [-0.2, 0) is 15.8 Å². The van der Waals surface area contributed by atoms with Crippen molar-refractivity contribution in [3.05, 3.63) is 116 Å². The molecule has 1 aliphatic carbocycles. The molecule has 6 rings (SSSR count). The number of rotatable bonds is 4. The lowest BCUT2D eigenvalue weighted by Gasteiger charge is -2.26. The number of carboxylic acids is 1. The lowest BCUT2D eigenvalue weighted by Crippen LogP contribution is -2.41. The van der Waals surface area contributed by atoms with Crippen LogP contribution >= 0.6 is 0 Å². The second-order valence-corrected chi connectivity index (χ2v) is 11.6. The van der Waals surface area contributed by atoms with Gasteiger partial charge in [0.1, 0.15) is 29.2 Å². The molecule has 0 saturated heterocycles. The number of ether oxygens (including phenoxy) is 1. The first-order valence-electron chi connectivity index (χ1n) is 14.5. The molecule has 2 aliphatic rings. The zero-order chi connectivity index (χ0) is 33.1. The van der Waals surface area contributed by atoms with Gasteiger partial charge in [0, 0.05) is 28.5 Å². The van der Waals surface area contributed by atoms with Gasteiger partial charge >= 0.3 is 12.1 Å². The van der Waals surface area contributed by atoms with E-state index in [1.807, 2.05) is 0 Å². The molecule has 4 bridgehead atoms. The van der Waals surface area contributed by atoms with Gasteiger partial charge in [-0.15, -0.1) is 0 Å². The fraction of sp³-hybridized carbons (Fsp3) is 0.265. The van der Waals surface area contributed by atoms with E-state index < -0.39 is 76.4 Å². The lowest BCUT2D eigenvalue weighted by molar-refractivity contribution is -0.139. The Morgan fingerprint density at radius 1 is 1.00 bits per heavy atom. The summed E-state index contributed by atoms with van der Waals surface area (Å²) in [6, 6.07) is 8.75. The Morgan fingerprint density at radius 2 is 1.74 bits per heavy atom. The van der Waals surface area contributed by atoms with E-state index in [4.69, 9.17) is 4.74 Å². The number of halogens is 5. The van der Waals surface area contributed by atoms with E-state index in [-0.39, 0.29) is 22.6 Å². The Balaban J connectivity index is 1.64. The highest BCUT2D eigenvalue weighted by atomic mass is 19.4. The predicted octanol–water partition coefficient (Wildman–Crippen LogP) is 7.33. The van der Waals surface area contributed by atoms with Crippen LogP contribution in [0.2, 0.25) is 0 Å². The largest absolute Gasteiger partial charge is 0.481 e. The summed E-state index contributed by atoms with van der Waals surface area (Å²) in [6.45, 7) is 3.26. The molecular weight excluding hydrogens is 611 g/mol. The number of benzene rings is 3. The number of nitrogens with one attached hydrogen (secondary N) is 1. The molecule has 2 atom stereocenters. The van der Waals surface area contributed by atoms with E-state index in [0.717, 1.165) is 18.3 Å². The van der Waals surface area contributed by atoms with E-state index in [0.29, 0.717) is 40.2 Å². The highest BCUT2D eigenvalue weighted by Crippen LogP contribution is 2.45. The molecule has 46 heavy (non-hydrogen) atoms. The third-order valence-electron chi connectivity index (χ3n) is 8.34. The van der Waals surface area contributed by atoms with E-state index in [1.165, 1.54) is 19.1 Å². The Morgan fingerprint density at radius 3 is 2.41 bits per heavy atom. The molecular formula is C34H27F5N2O5. The summed E-state index contributed by atoms with van der Waals surface area (Å²) in [6.07, 6.45) is -4.24. The van der Waals surface area contributed by atoms with Gasteiger partial charge in [0.2, 0.25) is 5.91 Å². The summed E-state index contributed by atoms with van der Waals surface area (Å²) in [5, 5.41) is 12.2. The number of amides is 1. The first-order chi connectivity index (χ1) is 21.7. The van der Waals surface area contributed by atoms with Gasteiger partial charge in [-0.25, -0.2) is 8.78 Å². The Hall–Kier alpha value is -5.00. The van der Waals surface area contributed by atoms with Gasteiger partial charge in [-0.1, -0.05) is 12.1 Å². The summed E-state index contributed by atoms with van der Waals surface area (Å²) in [7, 11) is 0. The minimum absolute atomic E-state index is 0.0452. The first kappa shape index (κ1) is 31.0. The molecule has 1 fully saturated rings. The second-order valence-electron chi connectivity index (χ2n) is 11.6. The zero-order valence-electron chi connectivity index (χ0n) is 24.5. The van der Waals surface area contributed by atoms with Crippen LogP contribution in [-0.4, -0.2) is 21.6 Å². The molecule has 0 unspecified atom stereocenters. The normalized spacial score (nSPS) is 17.9. The maximum absolute atomic E-state index is 15.8. The summed E-state index contributed by atoms with van der Waals surface area (Å²) < 4.78 is 80.2. The number of carbonyl (C=O) groups is 2. The molecule has 0 spiro atoms. The van der Waals surface area contributed by atoms with Crippen molar-refractivity contribution >= 4 is 11.9 Å². The fourth-order valence-electron chi connectivity index (χ4n) is 6.08. The fourth-order valence-corrected chi connectivity index (χ4v) is 6.08. The average molecular weight is 639 g/mol. The smallest absolute Gasteiger partial charge is 0.416 e. The van der Waals surface area contributed by atoms with Gasteiger partial charge < -0.3 is 15.2 Å². The highest BCUT2D eigenvalue weighted by molar-refractivity contribution is 5.85. The molecule has 1 aliphatic heterocycles. The number of nitrogens with zero attached hydrogens (tertiary/aromatic N) is 1. The quantitative estimate of drug-likeness (QED) is 0.228. The number of fused-ring (bicyclic) bond motifs is 6. The van der Waals surface area contributed by atoms with E-state index >= 15 is 8.78 Å². The summed E-state index contributed by atoms with van der Waals surface area (Å²) in [5.74, 6) is -4.69. The molecule has 238 valence electrons. The van der Waals surface area contributed by atoms with E-state index in [9.17, 15) is 32.7 Å². The molecule has 1 aromatic heterocycles. The minimum atomic E-state index is -4.86. The molecule has 1 saturated carbocycles. The third kappa shape index (κ3) is 5.63. The number of carboxylic acid groups (broad SMARTS) is 1. The molecule has 12 heteroatoms. The predicted molar refractivity (Wildman–Crippen MR) is 157 cm³/mol. The number of carbonyl (C=O) groups excluding carboxylic acids is 1. The van der Waals surface area contributed by atoms with Crippen LogP contribution in [0.5, 0.6) is 11.5 Å². The Labute approximate surface area is 259 Å². The van der Waals surface area contributed by atoms with Crippen molar-refractivity contribution in [3.63, 3.8) is 0 Å². The van der Waals surface area contributed by atoms with Crippen molar-refractivity contribution in [1.82, 2.24) is 9.88 Å². The standard InChI is InChI=1S/C34H27F5N2O5/c1-16-4-3-5-26-28(16)19-12-17(2)30(36)22(13-19)25(15-27(42)43)40-32(44)31(21-14-20(46-26)8-9-24(21)35)41-11-10-23(34(37,38)39)29(33(41)45)18-6-7-18/h3-5,8-14,18,25,31H,6-7,15H2,1-2H3,(H,40,44)(H,42,43)/t25-,31-/m1/s1. The molecule has 2 heterocycles. The van der Waals surface area contributed by atoms with Gasteiger partial charge in [0.15, 0.2) is 0 Å². The summed E-state index contributed by atoms with van der Waals surface area (Å²) in [5.41, 5.74) is -1.62. The van der Waals surface area contributed by atoms with Crippen LogP contribution in [0.1, 0.15) is 70.6 Å². The van der Waals surface area contributed by atoms with Gasteiger partial charge in [-0.3, -0.25) is 19.0 Å². The van der Waals surface area contributed by atoms with Crippen molar-refractivity contribution in [2.75, 3.05) is 0 Å². The topological polar surface area (TPSA) is 97.6 Å². The Kier molecular flexibility index (Phi) is 7.69. The number of aryl methyl sites for hydroxylation is 2. The average Bonchev–Trinajstić information content (AvgIpc) is 3.81. The summed E-state index contributed by atoms with van der Waals surface area (Å²) >= 11 is 0. The van der Waals surface area contributed by atoms with Crippen LogP contribution in [0, 0.1) is 25.5 Å². The molecule has 7 nitrogen and oxygen atoms in total. The molecule has 1 amide bonds. The molecule has 3 aromatic carbocycles. The summed E-state index contributed by atoms with van der Waals surface area (Å²) in [4.78, 5) is 39.9. The number of hydrogen-bond donors (Lipinski definition) is 2. The number of hydrogen-bond acceptors (Lipinski definition) is 4. The molecule has 2 N–H and O–H groups in total. The van der Waals surface area contributed by atoms with E-state index in [1.54, 1.807) is 31.2 Å². The molecule has 4 aromatic rings. The number of aliphatic carboxylic acids is 1. The number of aromatic nitrogens is 1. The van der Waals surface area contributed by atoms with Crippen LogP contribution in [0.25, 0.3) is 11.1 Å².